The van der Waals surface area contributed by atoms with Crippen molar-refractivity contribution >= 4 is 15.4 Å². The molecule has 0 aromatic heterocycles. The van der Waals surface area contributed by atoms with Crippen molar-refractivity contribution in [2.75, 3.05) is 19.9 Å². The molecule has 1 heterocycles. The van der Waals surface area contributed by atoms with E-state index in [4.69, 9.17) is 17.3 Å². The predicted molar refractivity (Wildman–Crippen MR) is 56.0 cm³/mol. The zero-order chi connectivity index (χ0) is 11.5. The second-order valence-corrected chi connectivity index (χ2v) is 5.87. The molecule has 0 spiro atoms. The lowest BCUT2D eigenvalue weighted by molar-refractivity contribution is -0.179. The largest absolute Gasteiger partial charge is 0.788 e. The van der Waals surface area contributed by atoms with Crippen LogP contribution in [-0.2, 0) is 14.0 Å². The average molecular weight is 232 g/mol. The maximum absolute atomic E-state index is 11.4. The highest BCUT2D eigenvalue weighted by Crippen LogP contribution is 2.33. The number of ether oxygens (including phenoxy) is 2. The van der Waals surface area contributed by atoms with Crippen LogP contribution in [0.25, 0.3) is 0 Å². The Morgan fingerprint density at radius 3 is 2.93 bits per heavy atom. The summed E-state index contributed by atoms with van der Waals surface area (Å²) in [4.78, 5) is 11.4. The van der Waals surface area contributed by atoms with Gasteiger partial charge in [-0.15, -0.1) is 0 Å². The highest BCUT2D eigenvalue weighted by atomic mass is 31.2. The first-order valence-corrected chi connectivity index (χ1v) is 6.77. The normalized spacial score (nSPS) is 35.3. The minimum absolute atomic E-state index is 0.0818. The van der Waals surface area contributed by atoms with Crippen molar-refractivity contribution in [2.24, 2.45) is 0 Å². The molecule has 1 saturated heterocycles. The quantitative estimate of drug-likeness (QED) is 0.508. The first kappa shape index (κ1) is 13.2. The number of hydrogen-bond acceptors (Lipinski definition) is 4. The molecule has 0 aromatic rings. The average Bonchev–Trinajstić information content (AvgIpc) is 2.47. The Bertz CT molecular complexity index is 253. The molecule has 1 aliphatic heterocycles. The van der Waals surface area contributed by atoms with Gasteiger partial charge in [0, 0.05) is 19.2 Å². The molecule has 0 bridgehead atoms. The molecule has 15 heavy (non-hydrogen) atoms. The Morgan fingerprint density at radius 1 is 1.73 bits per heavy atom. The van der Waals surface area contributed by atoms with E-state index >= 15 is 0 Å². The molecule has 1 fully saturated rings. The van der Waals surface area contributed by atoms with Gasteiger partial charge in [-0.3, -0.25) is 5.09 Å². The summed E-state index contributed by atoms with van der Waals surface area (Å²) >= 11 is 0. The van der Waals surface area contributed by atoms with Gasteiger partial charge in [-0.2, -0.15) is 0 Å². The maximum Gasteiger partial charge on any atom is 0.109 e. The molecule has 0 aromatic carbocycles. The molecule has 1 rings (SSSR count). The molecule has 0 amide bonds. The van der Waals surface area contributed by atoms with Gasteiger partial charge in [0.2, 0.25) is 0 Å². The van der Waals surface area contributed by atoms with Gasteiger partial charge in [0.1, 0.15) is 7.85 Å². The predicted octanol–water partition coefficient (Wildman–Crippen LogP) is -0.552. The molecule has 2 radical (unpaired) electrons. The van der Waals surface area contributed by atoms with Crippen LogP contribution < -0.4 is 9.98 Å². The van der Waals surface area contributed by atoms with Gasteiger partial charge in [0.25, 0.3) is 0 Å². The van der Waals surface area contributed by atoms with E-state index < -0.39 is 13.5 Å². The lowest BCUT2D eigenvalue weighted by Gasteiger charge is -2.29. The van der Waals surface area contributed by atoms with Crippen molar-refractivity contribution in [1.29, 1.82) is 0 Å². The SMILES string of the molecule is [B][C@H]1CC(NP(=O)([O-])CC)[C@@H](COC)O1. The van der Waals surface area contributed by atoms with Gasteiger partial charge in [0.15, 0.2) is 0 Å². The van der Waals surface area contributed by atoms with Gasteiger partial charge in [-0.25, -0.2) is 0 Å². The molecule has 1 N–H and O–H groups in total. The molecular weight excluding hydrogens is 216 g/mol. The van der Waals surface area contributed by atoms with Crippen molar-refractivity contribution in [1.82, 2.24) is 5.09 Å². The van der Waals surface area contributed by atoms with Crippen molar-refractivity contribution < 1.29 is 18.9 Å². The van der Waals surface area contributed by atoms with Crippen LogP contribution >= 0.6 is 7.52 Å². The van der Waals surface area contributed by atoms with Crippen molar-refractivity contribution in [3.8, 4) is 0 Å². The Hall–Kier alpha value is 0.135. The van der Waals surface area contributed by atoms with Crippen LogP contribution in [0.5, 0.6) is 0 Å². The molecule has 5 nitrogen and oxygen atoms in total. The lowest BCUT2D eigenvalue weighted by Crippen LogP contribution is -2.39. The van der Waals surface area contributed by atoms with E-state index in [1.165, 1.54) is 0 Å². The Labute approximate surface area is 91.4 Å². The van der Waals surface area contributed by atoms with E-state index in [0.29, 0.717) is 13.0 Å². The fourth-order valence-electron chi connectivity index (χ4n) is 1.58. The van der Waals surface area contributed by atoms with Crippen molar-refractivity contribution in [2.45, 2.75) is 31.5 Å². The van der Waals surface area contributed by atoms with Gasteiger partial charge in [-0.1, -0.05) is 6.92 Å². The van der Waals surface area contributed by atoms with Crippen LogP contribution in [0.1, 0.15) is 13.3 Å². The molecule has 4 atom stereocenters. The third-order valence-corrected chi connectivity index (χ3v) is 3.95. The van der Waals surface area contributed by atoms with Crippen LogP contribution in [0, 0.1) is 0 Å². The van der Waals surface area contributed by atoms with Crippen LogP contribution in [0.15, 0.2) is 0 Å². The summed E-state index contributed by atoms with van der Waals surface area (Å²) < 4.78 is 21.7. The second-order valence-electron chi connectivity index (χ2n) is 3.63. The number of hydrogen-bond donors (Lipinski definition) is 1. The van der Waals surface area contributed by atoms with Gasteiger partial charge in [-0.05, 0) is 12.6 Å². The summed E-state index contributed by atoms with van der Waals surface area (Å²) in [6, 6.07) is -0.692. The van der Waals surface area contributed by atoms with E-state index in [0.717, 1.165) is 0 Å². The summed E-state index contributed by atoms with van der Waals surface area (Å²) in [5.41, 5.74) is 0. The second kappa shape index (κ2) is 5.46. The zero-order valence-corrected chi connectivity index (χ0v) is 9.91. The van der Waals surface area contributed by atoms with Crippen LogP contribution in [0.3, 0.4) is 0 Å². The fraction of sp³-hybridized carbons (Fsp3) is 1.00. The number of methoxy groups -OCH3 is 1. The molecule has 0 saturated carbocycles. The number of nitrogens with one attached hydrogen (secondary N) is 1. The van der Waals surface area contributed by atoms with Crippen LogP contribution in [-0.4, -0.2) is 45.9 Å². The first-order valence-electron chi connectivity index (χ1n) is 4.96. The maximum atomic E-state index is 11.4. The Kier molecular flexibility index (Phi) is 4.80. The third-order valence-electron chi connectivity index (χ3n) is 2.39. The van der Waals surface area contributed by atoms with Crippen molar-refractivity contribution in [3.05, 3.63) is 0 Å². The lowest BCUT2D eigenvalue weighted by atomic mass is 9.95. The molecular formula is C8H16BNO4P-. The summed E-state index contributed by atoms with van der Waals surface area (Å²) in [7, 11) is 3.64. The van der Waals surface area contributed by atoms with Crippen LogP contribution in [0.2, 0.25) is 0 Å². The molecule has 1 aliphatic rings. The van der Waals surface area contributed by atoms with E-state index in [-0.39, 0.29) is 18.3 Å². The highest BCUT2D eigenvalue weighted by Gasteiger charge is 2.33. The Morgan fingerprint density at radius 2 is 2.40 bits per heavy atom. The summed E-state index contributed by atoms with van der Waals surface area (Å²) in [5.74, 6) is 0. The number of rotatable bonds is 5. The zero-order valence-electron chi connectivity index (χ0n) is 9.01. The van der Waals surface area contributed by atoms with Gasteiger partial charge < -0.3 is 18.9 Å². The van der Waals surface area contributed by atoms with Crippen LogP contribution in [0.4, 0.5) is 0 Å². The summed E-state index contributed by atoms with van der Waals surface area (Å²) in [6.45, 7) is 1.94. The highest BCUT2D eigenvalue weighted by molar-refractivity contribution is 7.54. The van der Waals surface area contributed by atoms with E-state index in [1.54, 1.807) is 14.0 Å². The molecule has 0 aliphatic carbocycles. The molecule has 2 unspecified atom stereocenters. The summed E-state index contributed by atoms with van der Waals surface area (Å²) in [6.07, 6.45) is 0.275. The van der Waals surface area contributed by atoms with E-state index in [1.807, 2.05) is 0 Å². The topological polar surface area (TPSA) is 70.6 Å². The minimum Gasteiger partial charge on any atom is -0.788 e. The third kappa shape index (κ3) is 3.89. The first-order chi connectivity index (χ1) is 6.98. The van der Waals surface area contributed by atoms with E-state index in [2.05, 4.69) is 5.09 Å². The van der Waals surface area contributed by atoms with Gasteiger partial charge >= 0.3 is 0 Å². The minimum atomic E-state index is -3.50. The molecule has 7 heteroatoms. The van der Waals surface area contributed by atoms with Gasteiger partial charge in [0.05, 0.1) is 20.2 Å². The molecule has 86 valence electrons. The fourth-order valence-corrected chi connectivity index (χ4v) is 2.54. The van der Waals surface area contributed by atoms with E-state index in [9.17, 15) is 9.46 Å². The smallest absolute Gasteiger partial charge is 0.109 e. The summed E-state index contributed by atoms with van der Waals surface area (Å²) in [5, 5.41) is 2.59. The monoisotopic (exact) mass is 232 g/mol. The van der Waals surface area contributed by atoms with Crippen molar-refractivity contribution in [3.63, 3.8) is 0 Å². The standard InChI is InChI=1S/C8H17BNO4P/c1-3-15(11,12)10-6-4-8(9)14-7(6)5-13-2/h6-8H,3-5H2,1-2H3,(H2,10,11,12)/p-1/t6?,7-,8-/m1/s1. The Balaban J connectivity index is 2.55.